The molecule has 0 aliphatic rings. The maximum absolute atomic E-state index is 13.2. The first-order chi connectivity index (χ1) is 8.66. The second-order valence-corrected chi connectivity index (χ2v) is 3.77. The van der Waals surface area contributed by atoms with Crippen molar-refractivity contribution in [2.45, 2.75) is 0 Å². The van der Waals surface area contributed by atoms with Gasteiger partial charge in [-0.1, -0.05) is 6.07 Å². The molecule has 0 aliphatic carbocycles. The van der Waals surface area contributed by atoms with Crippen LogP contribution in [0.4, 0.5) is 4.39 Å². The Hall–Kier alpha value is -2.70. The van der Waals surface area contributed by atoms with Crippen LogP contribution in [0.25, 0.3) is 16.7 Å². The van der Waals surface area contributed by atoms with E-state index in [2.05, 4.69) is 10.1 Å². The van der Waals surface area contributed by atoms with E-state index in [-0.39, 0.29) is 11.3 Å². The number of nitrogens with one attached hydrogen (secondary N) is 1. The van der Waals surface area contributed by atoms with Crippen molar-refractivity contribution in [3.63, 3.8) is 0 Å². The molecule has 6 nitrogen and oxygen atoms in total. The Morgan fingerprint density at radius 2 is 2.17 bits per heavy atom. The van der Waals surface area contributed by atoms with Gasteiger partial charge in [0.05, 0.1) is 17.3 Å². The Morgan fingerprint density at radius 3 is 2.94 bits per heavy atom. The van der Waals surface area contributed by atoms with Gasteiger partial charge in [0.1, 0.15) is 12.1 Å². The fraction of sp³-hybridized carbons (Fsp3) is 0. The van der Waals surface area contributed by atoms with E-state index in [4.69, 9.17) is 11.3 Å². The molecule has 0 radical (unpaired) electrons. The van der Waals surface area contributed by atoms with Crippen LogP contribution in [-0.2, 0) is 0 Å². The fourth-order valence-corrected chi connectivity index (χ4v) is 1.74. The minimum Gasteiger partial charge on any atom is -0.336 e. The molecule has 0 bridgehead atoms. The average Bonchev–Trinajstić information content (AvgIpc) is 2.78. The number of rotatable bonds is 1. The van der Waals surface area contributed by atoms with E-state index in [1.54, 1.807) is 12.1 Å². The van der Waals surface area contributed by atoms with Gasteiger partial charge in [-0.2, -0.15) is 5.10 Å². The fourth-order valence-electron chi connectivity index (χ4n) is 1.74. The molecule has 7 heteroatoms. The van der Waals surface area contributed by atoms with E-state index in [9.17, 15) is 4.39 Å². The van der Waals surface area contributed by atoms with E-state index in [0.29, 0.717) is 16.7 Å². The van der Waals surface area contributed by atoms with Crippen molar-refractivity contribution < 1.29 is 4.39 Å². The van der Waals surface area contributed by atoms with Gasteiger partial charge in [0.15, 0.2) is 11.1 Å². The van der Waals surface area contributed by atoms with Gasteiger partial charge in [-0.25, -0.2) is 18.7 Å². The third-order valence-corrected chi connectivity index (χ3v) is 2.61. The molecule has 90 valence electrons. The lowest BCUT2D eigenvalue weighted by atomic mass is 10.3. The minimum atomic E-state index is -0.355. The van der Waals surface area contributed by atoms with E-state index in [1.807, 2.05) is 0 Å². The molecule has 2 aromatic heterocycles. The molecule has 3 aromatic rings. The third-order valence-electron chi connectivity index (χ3n) is 2.61. The monoisotopic (exact) mass is 244 g/mol. The number of halogens is 1. The zero-order valence-electron chi connectivity index (χ0n) is 9.21. The molecule has 1 aromatic carbocycles. The quantitative estimate of drug-likeness (QED) is 0.613. The predicted octanol–water partition coefficient (Wildman–Crippen LogP) is 0.554. The molecule has 0 saturated heterocycles. The number of hydrogen-bond donors (Lipinski definition) is 2. The highest BCUT2D eigenvalue weighted by Crippen LogP contribution is 2.13. The van der Waals surface area contributed by atoms with Crippen molar-refractivity contribution in [3.05, 3.63) is 48.1 Å². The van der Waals surface area contributed by atoms with Crippen molar-refractivity contribution >= 4 is 11.0 Å². The van der Waals surface area contributed by atoms with E-state index in [0.717, 1.165) is 4.68 Å². The molecule has 0 unspecified atom stereocenters. The zero-order valence-corrected chi connectivity index (χ0v) is 9.21. The maximum atomic E-state index is 13.2. The molecular formula is C11H9FN6. The zero-order chi connectivity index (χ0) is 12.7. The first kappa shape index (κ1) is 10.5. The topological polar surface area (TPSA) is 85.5 Å². The van der Waals surface area contributed by atoms with Crippen LogP contribution in [0.15, 0.2) is 36.8 Å². The van der Waals surface area contributed by atoms with Crippen molar-refractivity contribution in [2.75, 3.05) is 5.84 Å². The van der Waals surface area contributed by atoms with Crippen LogP contribution in [0.3, 0.4) is 0 Å². The lowest BCUT2D eigenvalue weighted by molar-refractivity contribution is 0.625. The summed E-state index contributed by atoms with van der Waals surface area (Å²) in [6.07, 6.45) is 2.81. The van der Waals surface area contributed by atoms with Crippen molar-refractivity contribution in [3.8, 4) is 5.69 Å². The summed E-state index contributed by atoms with van der Waals surface area (Å²) < 4.78 is 15.7. The molecule has 3 rings (SSSR count). The standard InChI is InChI=1S/C11H9FN6/c12-7-2-1-3-8(4-7)18-11-9(5-16-18)10(13)17(14)6-15-11/h1-6,13H,14H2. The lowest BCUT2D eigenvalue weighted by Crippen LogP contribution is -2.27. The summed E-state index contributed by atoms with van der Waals surface area (Å²) in [5.41, 5.74) is 1.11. The number of fused-ring (bicyclic) bond motifs is 1. The number of aromatic nitrogens is 4. The summed E-state index contributed by atoms with van der Waals surface area (Å²) in [7, 11) is 0. The molecule has 0 aliphatic heterocycles. The van der Waals surface area contributed by atoms with Crippen LogP contribution in [-0.4, -0.2) is 19.4 Å². The maximum Gasteiger partial charge on any atom is 0.168 e. The number of benzene rings is 1. The number of nitrogens with two attached hydrogens (primary N) is 1. The number of hydrogen-bond acceptors (Lipinski definition) is 4. The molecule has 0 spiro atoms. The van der Waals surface area contributed by atoms with Gasteiger partial charge in [0.2, 0.25) is 0 Å². The van der Waals surface area contributed by atoms with Gasteiger partial charge in [-0.05, 0) is 18.2 Å². The largest absolute Gasteiger partial charge is 0.336 e. The first-order valence-electron chi connectivity index (χ1n) is 5.18. The smallest absolute Gasteiger partial charge is 0.168 e. The highest BCUT2D eigenvalue weighted by atomic mass is 19.1. The summed E-state index contributed by atoms with van der Waals surface area (Å²) in [5, 5.41) is 12.4. The first-order valence-corrected chi connectivity index (χ1v) is 5.18. The Labute approximate surface area is 101 Å². The number of nitrogens with zero attached hydrogens (tertiary/aromatic N) is 4. The molecule has 2 heterocycles. The summed E-state index contributed by atoms with van der Waals surface area (Å²) in [5.74, 6) is 5.17. The van der Waals surface area contributed by atoms with Crippen LogP contribution in [0, 0.1) is 11.2 Å². The van der Waals surface area contributed by atoms with Gasteiger partial charge in [-0.3, -0.25) is 5.41 Å². The van der Waals surface area contributed by atoms with Gasteiger partial charge in [0, 0.05) is 0 Å². The summed E-state index contributed by atoms with van der Waals surface area (Å²) in [6, 6.07) is 6.00. The van der Waals surface area contributed by atoms with Crippen molar-refractivity contribution in [1.82, 2.24) is 19.4 Å². The second kappa shape index (κ2) is 3.66. The molecule has 0 saturated carbocycles. The molecule has 3 N–H and O–H groups in total. The van der Waals surface area contributed by atoms with Crippen molar-refractivity contribution in [2.24, 2.45) is 0 Å². The van der Waals surface area contributed by atoms with Crippen LogP contribution >= 0.6 is 0 Å². The van der Waals surface area contributed by atoms with Crippen LogP contribution < -0.4 is 11.3 Å². The van der Waals surface area contributed by atoms with Crippen LogP contribution in [0.2, 0.25) is 0 Å². The molecule has 0 fully saturated rings. The predicted molar refractivity (Wildman–Crippen MR) is 62.8 cm³/mol. The molecule has 0 atom stereocenters. The normalized spacial score (nSPS) is 10.9. The average molecular weight is 244 g/mol. The van der Waals surface area contributed by atoms with Gasteiger partial charge < -0.3 is 5.84 Å². The van der Waals surface area contributed by atoms with E-state index >= 15 is 0 Å². The summed E-state index contributed by atoms with van der Waals surface area (Å²) in [4.78, 5) is 4.10. The van der Waals surface area contributed by atoms with Gasteiger partial charge in [-0.15, -0.1) is 0 Å². The van der Waals surface area contributed by atoms with Gasteiger partial charge >= 0.3 is 0 Å². The lowest BCUT2D eigenvalue weighted by Gasteiger charge is -2.03. The Balaban J connectivity index is 2.32. The van der Waals surface area contributed by atoms with E-state index in [1.165, 1.54) is 29.3 Å². The van der Waals surface area contributed by atoms with E-state index < -0.39 is 0 Å². The van der Waals surface area contributed by atoms with Crippen LogP contribution in [0.5, 0.6) is 0 Å². The Bertz CT molecular complexity index is 788. The second-order valence-electron chi connectivity index (χ2n) is 3.77. The SMILES string of the molecule is N=c1c2cnn(-c3cccc(F)c3)c2ncn1N. The molecular weight excluding hydrogens is 235 g/mol. The Kier molecular flexibility index (Phi) is 2.12. The molecule has 0 amide bonds. The highest BCUT2D eigenvalue weighted by Gasteiger charge is 2.09. The third kappa shape index (κ3) is 1.45. The number of nitrogen functional groups attached to an aromatic ring is 1. The van der Waals surface area contributed by atoms with Gasteiger partial charge in [0.25, 0.3) is 0 Å². The summed E-state index contributed by atoms with van der Waals surface area (Å²) in [6.45, 7) is 0. The minimum absolute atomic E-state index is 0.0997. The summed E-state index contributed by atoms with van der Waals surface area (Å²) >= 11 is 0. The Morgan fingerprint density at radius 1 is 1.33 bits per heavy atom. The highest BCUT2D eigenvalue weighted by molar-refractivity contribution is 5.74. The van der Waals surface area contributed by atoms with Crippen LogP contribution in [0.1, 0.15) is 0 Å². The van der Waals surface area contributed by atoms with Crippen molar-refractivity contribution in [1.29, 1.82) is 5.41 Å². The molecule has 18 heavy (non-hydrogen) atoms.